The van der Waals surface area contributed by atoms with E-state index in [1.54, 1.807) is 6.20 Å². The van der Waals surface area contributed by atoms with Gasteiger partial charge in [0.2, 0.25) is 5.89 Å². The summed E-state index contributed by atoms with van der Waals surface area (Å²) in [5, 5.41) is 4.71. The van der Waals surface area contributed by atoms with Crippen LogP contribution in [-0.4, -0.2) is 20.1 Å². The van der Waals surface area contributed by atoms with Crippen molar-refractivity contribution in [2.75, 3.05) is 0 Å². The molecule has 90 valence electrons. The first-order valence-corrected chi connectivity index (χ1v) is 6.05. The van der Waals surface area contributed by atoms with Crippen LogP contribution in [0.15, 0.2) is 28.1 Å². The van der Waals surface area contributed by atoms with Gasteiger partial charge in [-0.15, -0.1) is 0 Å². The quantitative estimate of drug-likeness (QED) is 0.647. The molecular formula is C10H13N5OS. The number of hydrogen-bond donors (Lipinski definition) is 1. The summed E-state index contributed by atoms with van der Waals surface area (Å²) in [7, 11) is 0. The predicted octanol–water partition coefficient (Wildman–Crippen LogP) is 1.35. The molecule has 0 spiro atoms. The maximum absolute atomic E-state index is 5.86. The molecule has 0 aliphatic rings. The summed E-state index contributed by atoms with van der Waals surface area (Å²) in [6, 6.07) is 1.83. The normalized spacial score (nSPS) is 11.7. The SMILES string of the molecule is CC(C)(N)c1noc(CSc2ccncn2)n1. The van der Waals surface area contributed by atoms with Crippen LogP contribution in [0.1, 0.15) is 25.6 Å². The van der Waals surface area contributed by atoms with Gasteiger partial charge in [-0.25, -0.2) is 9.97 Å². The summed E-state index contributed by atoms with van der Waals surface area (Å²) < 4.78 is 5.11. The molecule has 0 bridgehead atoms. The number of thioether (sulfide) groups is 1. The summed E-state index contributed by atoms with van der Waals surface area (Å²) in [5.41, 5.74) is 5.28. The standard InChI is InChI=1S/C10H13N5OS/c1-10(2,11)9-14-7(16-15-9)5-17-8-3-4-12-6-13-8/h3-4,6H,5,11H2,1-2H3. The van der Waals surface area contributed by atoms with E-state index in [0.717, 1.165) is 5.03 Å². The van der Waals surface area contributed by atoms with E-state index >= 15 is 0 Å². The largest absolute Gasteiger partial charge is 0.338 e. The lowest BCUT2D eigenvalue weighted by Gasteiger charge is -2.11. The maximum Gasteiger partial charge on any atom is 0.237 e. The molecule has 0 saturated carbocycles. The maximum atomic E-state index is 5.86. The molecule has 2 rings (SSSR count). The van der Waals surface area contributed by atoms with Crippen LogP contribution >= 0.6 is 11.8 Å². The third kappa shape index (κ3) is 3.24. The Morgan fingerprint density at radius 2 is 2.29 bits per heavy atom. The van der Waals surface area contributed by atoms with Crippen molar-refractivity contribution in [2.24, 2.45) is 5.73 Å². The highest BCUT2D eigenvalue weighted by molar-refractivity contribution is 7.98. The second-order valence-electron chi connectivity index (χ2n) is 4.07. The van der Waals surface area contributed by atoms with E-state index < -0.39 is 5.54 Å². The van der Waals surface area contributed by atoms with Gasteiger partial charge in [-0.2, -0.15) is 4.98 Å². The smallest absolute Gasteiger partial charge is 0.237 e. The van der Waals surface area contributed by atoms with Crippen molar-refractivity contribution in [1.82, 2.24) is 20.1 Å². The van der Waals surface area contributed by atoms with Gasteiger partial charge in [-0.3, -0.25) is 0 Å². The van der Waals surface area contributed by atoms with Gasteiger partial charge in [0, 0.05) is 6.20 Å². The van der Waals surface area contributed by atoms with E-state index in [0.29, 0.717) is 17.5 Å². The van der Waals surface area contributed by atoms with Crippen molar-refractivity contribution in [2.45, 2.75) is 30.2 Å². The van der Waals surface area contributed by atoms with Crippen molar-refractivity contribution in [1.29, 1.82) is 0 Å². The van der Waals surface area contributed by atoms with E-state index in [1.807, 2.05) is 19.9 Å². The summed E-state index contributed by atoms with van der Waals surface area (Å²) in [6.07, 6.45) is 3.20. The minimum absolute atomic E-state index is 0.510. The van der Waals surface area contributed by atoms with Gasteiger partial charge in [0.1, 0.15) is 6.33 Å². The third-order valence-electron chi connectivity index (χ3n) is 1.94. The van der Waals surface area contributed by atoms with Crippen LogP contribution < -0.4 is 5.73 Å². The molecule has 0 atom stereocenters. The third-order valence-corrected chi connectivity index (χ3v) is 2.87. The zero-order valence-electron chi connectivity index (χ0n) is 9.62. The summed E-state index contributed by atoms with van der Waals surface area (Å²) in [5.74, 6) is 1.62. The average molecular weight is 251 g/mol. The summed E-state index contributed by atoms with van der Waals surface area (Å²) >= 11 is 1.51. The minimum Gasteiger partial charge on any atom is -0.338 e. The van der Waals surface area contributed by atoms with Gasteiger partial charge in [-0.1, -0.05) is 16.9 Å². The Morgan fingerprint density at radius 3 is 2.88 bits per heavy atom. The second kappa shape index (κ2) is 4.80. The highest BCUT2D eigenvalue weighted by Gasteiger charge is 2.21. The Balaban J connectivity index is 1.99. The Morgan fingerprint density at radius 1 is 1.47 bits per heavy atom. The minimum atomic E-state index is -0.582. The first-order valence-electron chi connectivity index (χ1n) is 5.06. The van der Waals surface area contributed by atoms with E-state index in [-0.39, 0.29) is 0 Å². The van der Waals surface area contributed by atoms with Crippen molar-refractivity contribution in [3.63, 3.8) is 0 Å². The number of nitrogens with zero attached hydrogens (tertiary/aromatic N) is 4. The molecule has 17 heavy (non-hydrogen) atoms. The zero-order valence-corrected chi connectivity index (χ0v) is 10.4. The number of nitrogens with two attached hydrogens (primary N) is 1. The fourth-order valence-corrected chi connectivity index (χ4v) is 1.74. The fourth-order valence-electron chi connectivity index (χ4n) is 1.07. The van der Waals surface area contributed by atoms with Crippen LogP contribution in [0.25, 0.3) is 0 Å². The Bertz CT molecular complexity index is 479. The fraction of sp³-hybridized carbons (Fsp3) is 0.400. The lowest BCUT2D eigenvalue weighted by atomic mass is 10.1. The molecule has 0 unspecified atom stereocenters. The topological polar surface area (TPSA) is 90.7 Å². The van der Waals surface area contributed by atoms with Gasteiger partial charge in [0.25, 0.3) is 0 Å². The monoisotopic (exact) mass is 251 g/mol. The Kier molecular flexibility index (Phi) is 3.39. The van der Waals surface area contributed by atoms with Crippen LogP contribution in [-0.2, 0) is 11.3 Å². The highest BCUT2D eigenvalue weighted by Crippen LogP contribution is 2.20. The number of hydrogen-bond acceptors (Lipinski definition) is 7. The molecule has 0 aromatic carbocycles. The summed E-state index contributed by atoms with van der Waals surface area (Å²) in [6.45, 7) is 3.67. The molecule has 2 aromatic heterocycles. The summed E-state index contributed by atoms with van der Waals surface area (Å²) in [4.78, 5) is 12.2. The molecule has 0 saturated heterocycles. The number of aromatic nitrogens is 4. The second-order valence-corrected chi connectivity index (χ2v) is 5.07. The van der Waals surface area contributed by atoms with Crippen LogP contribution in [0.5, 0.6) is 0 Å². The van der Waals surface area contributed by atoms with E-state index in [2.05, 4.69) is 20.1 Å². The number of rotatable bonds is 4. The first-order chi connectivity index (χ1) is 8.05. The van der Waals surface area contributed by atoms with Crippen molar-refractivity contribution in [3.8, 4) is 0 Å². The molecule has 0 aliphatic heterocycles. The lowest BCUT2D eigenvalue weighted by molar-refractivity contribution is 0.370. The molecule has 2 aromatic rings. The van der Waals surface area contributed by atoms with E-state index in [1.165, 1.54) is 18.1 Å². The van der Waals surface area contributed by atoms with Gasteiger partial charge >= 0.3 is 0 Å². The molecule has 0 fully saturated rings. The molecule has 7 heteroatoms. The van der Waals surface area contributed by atoms with Crippen molar-refractivity contribution < 1.29 is 4.52 Å². The predicted molar refractivity (Wildman–Crippen MR) is 63.1 cm³/mol. The Hall–Kier alpha value is -1.47. The molecule has 2 N–H and O–H groups in total. The molecule has 6 nitrogen and oxygen atoms in total. The van der Waals surface area contributed by atoms with Gasteiger partial charge < -0.3 is 10.3 Å². The molecule has 2 heterocycles. The van der Waals surface area contributed by atoms with Gasteiger partial charge in [-0.05, 0) is 19.9 Å². The van der Waals surface area contributed by atoms with Crippen LogP contribution in [0.4, 0.5) is 0 Å². The highest BCUT2D eigenvalue weighted by atomic mass is 32.2. The van der Waals surface area contributed by atoms with Crippen LogP contribution in [0.2, 0.25) is 0 Å². The van der Waals surface area contributed by atoms with Crippen LogP contribution in [0.3, 0.4) is 0 Å². The Labute approximate surface area is 103 Å². The molecule has 0 aliphatic carbocycles. The first kappa shape index (κ1) is 12.0. The van der Waals surface area contributed by atoms with Crippen molar-refractivity contribution >= 4 is 11.8 Å². The average Bonchev–Trinajstić information content (AvgIpc) is 2.76. The van der Waals surface area contributed by atoms with Crippen LogP contribution in [0, 0.1) is 0 Å². The lowest BCUT2D eigenvalue weighted by Crippen LogP contribution is -2.30. The van der Waals surface area contributed by atoms with E-state index in [9.17, 15) is 0 Å². The van der Waals surface area contributed by atoms with Gasteiger partial charge in [0.05, 0.1) is 16.3 Å². The zero-order chi connectivity index (χ0) is 12.3. The van der Waals surface area contributed by atoms with Gasteiger partial charge in [0.15, 0.2) is 5.82 Å². The van der Waals surface area contributed by atoms with Crippen molar-refractivity contribution in [3.05, 3.63) is 30.3 Å². The molecular weight excluding hydrogens is 238 g/mol. The molecule has 0 radical (unpaired) electrons. The van der Waals surface area contributed by atoms with E-state index in [4.69, 9.17) is 10.3 Å². The molecule has 0 amide bonds.